The zero-order valence-electron chi connectivity index (χ0n) is 16.1. The van der Waals surface area contributed by atoms with Gasteiger partial charge in [0.05, 0.1) is 0 Å². The summed E-state index contributed by atoms with van der Waals surface area (Å²) in [7, 11) is 0. The Morgan fingerprint density at radius 1 is 0.542 bits per heavy atom. The number of rotatable bonds is 3. The Balaban J connectivity index is 0.00000144. The molecule has 142 valence electrons. The van der Waals surface area contributed by atoms with E-state index in [1.165, 1.54) is 38.5 Å². The van der Waals surface area contributed by atoms with Gasteiger partial charge in [0.1, 0.15) is 0 Å². The first-order valence-corrected chi connectivity index (χ1v) is 10.4. The van der Waals surface area contributed by atoms with E-state index in [1.54, 1.807) is 38.5 Å². The molecule has 0 heterocycles. The van der Waals surface area contributed by atoms with E-state index in [-0.39, 0.29) is 11.0 Å². The Labute approximate surface area is 150 Å². The fourth-order valence-corrected chi connectivity index (χ4v) is 5.93. The molecule has 3 saturated carbocycles. The van der Waals surface area contributed by atoms with Gasteiger partial charge in [0.15, 0.2) is 0 Å². The third kappa shape index (κ3) is 5.59. The molecule has 3 rings (SSSR count). The SMILES string of the molecule is C/C=C/C1CCC(C2CCC(C3CCC(C)CC3)CC2)CC1.O.O. The van der Waals surface area contributed by atoms with E-state index in [4.69, 9.17) is 0 Å². The second kappa shape index (κ2) is 10.6. The van der Waals surface area contributed by atoms with Crippen molar-refractivity contribution in [3.05, 3.63) is 12.2 Å². The van der Waals surface area contributed by atoms with Gasteiger partial charge in [0, 0.05) is 0 Å². The predicted molar refractivity (Wildman–Crippen MR) is 104 cm³/mol. The topological polar surface area (TPSA) is 63.0 Å². The van der Waals surface area contributed by atoms with Crippen LogP contribution < -0.4 is 0 Å². The number of allylic oxidation sites excluding steroid dienone is 2. The van der Waals surface area contributed by atoms with Crippen molar-refractivity contribution in [2.45, 2.75) is 90.9 Å². The summed E-state index contributed by atoms with van der Waals surface area (Å²) in [6, 6.07) is 0. The highest BCUT2D eigenvalue weighted by atomic mass is 16.0. The summed E-state index contributed by atoms with van der Waals surface area (Å²) in [4.78, 5) is 0. The van der Waals surface area contributed by atoms with Crippen LogP contribution in [0, 0.1) is 35.5 Å². The van der Waals surface area contributed by atoms with Gasteiger partial charge in [-0.3, -0.25) is 0 Å². The molecule has 0 saturated heterocycles. The van der Waals surface area contributed by atoms with Crippen molar-refractivity contribution in [2.75, 3.05) is 0 Å². The molecule has 0 atom stereocenters. The minimum absolute atomic E-state index is 0. The lowest BCUT2D eigenvalue weighted by atomic mass is 9.65. The second-order valence-electron chi connectivity index (χ2n) is 8.90. The van der Waals surface area contributed by atoms with Gasteiger partial charge in [0.2, 0.25) is 0 Å². The molecule has 0 aliphatic heterocycles. The largest absolute Gasteiger partial charge is 0.412 e. The first kappa shape index (κ1) is 21.7. The maximum absolute atomic E-state index is 2.46. The van der Waals surface area contributed by atoms with Crippen molar-refractivity contribution in [3.8, 4) is 0 Å². The molecule has 0 aromatic rings. The minimum Gasteiger partial charge on any atom is -0.412 e. The monoisotopic (exact) mass is 338 g/mol. The fourth-order valence-electron chi connectivity index (χ4n) is 5.93. The second-order valence-corrected chi connectivity index (χ2v) is 8.90. The summed E-state index contributed by atoms with van der Waals surface area (Å²) in [5.74, 6) is 6.28. The van der Waals surface area contributed by atoms with Crippen LogP contribution in [0.3, 0.4) is 0 Å². The van der Waals surface area contributed by atoms with E-state index < -0.39 is 0 Å². The molecule has 3 fully saturated rings. The molecule has 0 spiro atoms. The van der Waals surface area contributed by atoms with E-state index in [2.05, 4.69) is 26.0 Å². The van der Waals surface area contributed by atoms with E-state index in [1.807, 2.05) is 0 Å². The van der Waals surface area contributed by atoms with Crippen LogP contribution in [0.5, 0.6) is 0 Å². The zero-order valence-corrected chi connectivity index (χ0v) is 16.1. The number of hydrogen-bond donors (Lipinski definition) is 0. The van der Waals surface area contributed by atoms with Crippen molar-refractivity contribution in [2.24, 2.45) is 35.5 Å². The molecule has 0 aromatic carbocycles. The average molecular weight is 339 g/mol. The van der Waals surface area contributed by atoms with Gasteiger partial charge in [-0.2, -0.15) is 0 Å². The zero-order chi connectivity index (χ0) is 15.4. The molecular weight excluding hydrogens is 296 g/mol. The van der Waals surface area contributed by atoms with Crippen molar-refractivity contribution in [1.29, 1.82) is 0 Å². The predicted octanol–water partition coefficient (Wildman–Crippen LogP) is 5.35. The van der Waals surface area contributed by atoms with Gasteiger partial charge in [-0.1, -0.05) is 31.9 Å². The molecule has 3 aliphatic carbocycles. The smallest absolute Gasteiger partial charge is 0.0233 e. The van der Waals surface area contributed by atoms with Crippen molar-refractivity contribution in [3.63, 3.8) is 0 Å². The molecule has 3 aliphatic rings. The van der Waals surface area contributed by atoms with Gasteiger partial charge >= 0.3 is 0 Å². The van der Waals surface area contributed by atoms with Gasteiger partial charge in [-0.15, -0.1) is 0 Å². The highest BCUT2D eigenvalue weighted by Gasteiger charge is 2.33. The molecule has 0 radical (unpaired) electrons. The lowest BCUT2D eigenvalue weighted by Gasteiger charge is -2.41. The highest BCUT2D eigenvalue weighted by molar-refractivity contribution is 4.91. The Bertz CT molecular complexity index is 341. The molecule has 4 N–H and O–H groups in total. The summed E-state index contributed by atoms with van der Waals surface area (Å²) in [5, 5.41) is 0. The maximum Gasteiger partial charge on any atom is -0.0233 e. The van der Waals surface area contributed by atoms with Crippen LogP contribution in [0.25, 0.3) is 0 Å². The Morgan fingerprint density at radius 3 is 1.25 bits per heavy atom. The highest BCUT2D eigenvalue weighted by Crippen LogP contribution is 2.45. The van der Waals surface area contributed by atoms with Crippen LogP contribution in [0.2, 0.25) is 0 Å². The van der Waals surface area contributed by atoms with Gasteiger partial charge in [-0.25, -0.2) is 0 Å². The third-order valence-electron chi connectivity index (χ3n) is 7.49. The molecule has 0 amide bonds. The maximum atomic E-state index is 2.46. The lowest BCUT2D eigenvalue weighted by molar-refractivity contribution is 0.110. The third-order valence-corrected chi connectivity index (χ3v) is 7.49. The first-order valence-electron chi connectivity index (χ1n) is 10.4. The van der Waals surface area contributed by atoms with Crippen LogP contribution in [0.4, 0.5) is 0 Å². The quantitative estimate of drug-likeness (QED) is 0.622. The van der Waals surface area contributed by atoms with Gasteiger partial charge in [0.25, 0.3) is 0 Å². The molecule has 0 bridgehead atoms. The van der Waals surface area contributed by atoms with E-state index in [9.17, 15) is 0 Å². The summed E-state index contributed by atoms with van der Waals surface area (Å²) in [6.07, 6.45) is 23.1. The summed E-state index contributed by atoms with van der Waals surface area (Å²) >= 11 is 0. The molecule has 0 unspecified atom stereocenters. The van der Waals surface area contributed by atoms with Crippen LogP contribution in [0.1, 0.15) is 90.9 Å². The summed E-state index contributed by atoms with van der Waals surface area (Å²) in [5.41, 5.74) is 0. The normalized spacial score (nSPS) is 40.6. The minimum atomic E-state index is 0. The fraction of sp³-hybridized carbons (Fsp3) is 0.909. The summed E-state index contributed by atoms with van der Waals surface area (Å²) in [6.45, 7) is 4.64. The van der Waals surface area contributed by atoms with E-state index in [0.717, 1.165) is 35.5 Å². The Kier molecular flexibility index (Phi) is 9.59. The molecule has 0 aromatic heterocycles. The average Bonchev–Trinajstić information content (AvgIpc) is 2.57. The Morgan fingerprint density at radius 2 is 0.875 bits per heavy atom. The van der Waals surface area contributed by atoms with Crippen molar-refractivity contribution >= 4 is 0 Å². The summed E-state index contributed by atoms with van der Waals surface area (Å²) < 4.78 is 0. The van der Waals surface area contributed by atoms with E-state index in [0.29, 0.717) is 0 Å². The van der Waals surface area contributed by atoms with Crippen molar-refractivity contribution in [1.82, 2.24) is 0 Å². The first-order chi connectivity index (χ1) is 10.8. The molecule has 2 heteroatoms. The molecular formula is C22H42O2. The van der Waals surface area contributed by atoms with Crippen molar-refractivity contribution < 1.29 is 11.0 Å². The number of hydrogen-bond acceptors (Lipinski definition) is 0. The molecule has 24 heavy (non-hydrogen) atoms. The van der Waals surface area contributed by atoms with Crippen LogP contribution >= 0.6 is 0 Å². The van der Waals surface area contributed by atoms with Gasteiger partial charge < -0.3 is 11.0 Å². The van der Waals surface area contributed by atoms with Crippen LogP contribution in [-0.2, 0) is 0 Å². The van der Waals surface area contributed by atoms with E-state index >= 15 is 0 Å². The van der Waals surface area contributed by atoms with Gasteiger partial charge in [-0.05, 0) is 107 Å². The standard InChI is InChI=1S/C22H38.2H2O/c1-3-4-18-7-11-20(12-8-18)22-15-13-21(14-16-22)19-9-5-17(2)6-10-19;;/h3-4,17-22H,5-16H2,1-2H3;2*1H2/b4-3+;;. The van der Waals surface area contributed by atoms with Crippen LogP contribution in [0.15, 0.2) is 12.2 Å². The van der Waals surface area contributed by atoms with Crippen LogP contribution in [-0.4, -0.2) is 11.0 Å². The lowest BCUT2D eigenvalue weighted by Crippen LogP contribution is -2.29. The molecule has 2 nitrogen and oxygen atoms in total. The Hall–Kier alpha value is -0.340.